The van der Waals surface area contributed by atoms with Gasteiger partial charge in [-0.3, -0.25) is 9.59 Å². The van der Waals surface area contributed by atoms with E-state index in [1.807, 2.05) is 6.92 Å². The van der Waals surface area contributed by atoms with Gasteiger partial charge in [-0.05, 0) is 19.3 Å². The number of hydrogen-bond acceptors (Lipinski definition) is 3. The third-order valence-corrected chi connectivity index (χ3v) is 4.21. The number of hydrogen-bond donors (Lipinski definition) is 3. The second-order valence-corrected chi connectivity index (χ2v) is 5.80. The van der Waals surface area contributed by atoms with Crippen LogP contribution in [0.5, 0.6) is 0 Å². The fraction of sp³-hybridized carbons (Fsp3) is 0.786. The number of nitrogens with two attached hydrogens (primary N) is 1. The number of amides is 2. The van der Waals surface area contributed by atoms with E-state index in [1.54, 1.807) is 0 Å². The molecule has 1 aliphatic rings. The van der Waals surface area contributed by atoms with Crippen molar-refractivity contribution < 1.29 is 9.59 Å². The Morgan fingerprint density at radius 1 is 1.15 bits per heavy atom. The lowest BCUT2D eigenvalue weighted by Gasteiger charge is -2.34. The molecule has 2 amide bonds. The molecule has 0 saturated heterocycles. The average Bonchev–Trinajstić information content (AvgIpc) is 2.45. The van der Waals surface area contributed by atoms with E-state index in [-0.39, 0.29) is 16.8 Å². The summed E-state index contributed by atoms with van der Waals surface area (Å²) in [6.07, 6.45) is 5.70. The van der Waals surface area contributed by atoms with Crippen LogP contribution in [0.1, 0.15) is 51.9 Å². The topological polar surface area (TPSA) is 84.2 Å². The molecule has 1 saturated carbocycles. The molecule has 1 rings (SSSR count). The smallest absolute Gasteiger partial charge is 0.233 e. The van der Waals surface area contributed by atoms with Crippen molar-refractivity contribution in [3.63, 3.8) is 0 Å². The molecule has 114 valence electrons. The molecular weight excluding hydrogens is 274 g/mol. The number of rotatable bonds is 7. The predicted molar refractivity (Wildman–Crippen MR) is 83.2 cm³/mol. The van der Waals surface area contributed by atoms with Gasteiger partial charge in [-0.15, -0.1) is 0 Å². The predicted octanol–water partition coefficient (Wildman–Crippen LogP) is 1.26. The van der Waals surface area contributed by atoms with Gasteiger partial charge in [0.05, 0.1) is 10.4 Å². The van der Waals surface area contributed by atoms with Crippen molar-refractivity contribution in [1.29, 1.82) is 0 Å². The van der Waals surface area contributed by atoms with Crippen LogP contribution in [0.2, 0.25) is 0 Å². The van der Waals surface area contributed by atoms with Gasteiger partial charge in [-0.25, -0.2) is 0 Å². The SMILES string of the molecule is CCCNC(=O)CCNC(=O)C1(C(N)=S)CCCCC1. The minimum Gasteiger partial charge on any atom is -0.392 e. The number of thiocarbonyl (C=S) groups is 1. The maximum Gasteiger partial charge on any atom is 0.233 e. The van der Waals surface area contributed by atoms with Crippen molar-refractivity contribution in [2.45, 2.75) is 51.9 Å². The van der Waals surface area contributed by atoms with Gasteiger partial charge in [0.1, 0.15) is 0 Å². The summed E-state index contributed by atoms with van der Waals surface area (Å²) in [6, 6.07) is 0. The molecular formula is C14H25N3O2S. The highest BCUT2D eigenvalue weighted by atomic mass is 32.1. The highest BCUT2D eigenvalue weighted by molar-refractivity contribution is 7.80. The molecule has 0 aliphatic heterocycles. The van der Waals surface area contributed by atoms with Crippen molar-refractivity contribution in [3.05, 3.63) is 0 Å². The first-order chi connectivity index (χ1) is 9.53. The minimum atomic E-state index is -0.701. The summed E-state index contributed by atoms with van der Waals surface area (Å²) < 4.78 is 0. The van der Waals surface area contributed by atoms with Crippen molar-refractivity contribution in [1.82, 2.24) is 10.6 Å². The largest absolute Gasteiger partial charge is 0.392 e. The molecule has 0 aromatic heterocycles. The third-order valence-electron chi connectivity index (χ3n) is 3.82. The highest BCUT2D eigenvalue weighted by Crippen LogP contribution is 2.36. The summed E-state index contributed by atoms with van der Waals surface area (Å²) in [5, 5.41) is 5.59. The molecule has 6 heteroatoms. The Bertz CT molecular complexity index is 365. The molecule has 0 atom stereocenters. The van der Waals surface area contributed by atoms with Gasteiger partial charge in [0.15, 0.2) is 0 Å². The zero-order valence-electron chi connectivity index (χ0n) is 12.2. The molecule has 0 spiro atoms. The average molecular weight is 299 g/mol. The normalized spacial score (nSPS) is 17.2. The van der Waals surface area contributed by atoms with E-state index in [0.29, 0.717) is 19.5 Å². The zero-order chi connectivity index (χ0) is 15.0. The van der Waals surface area contributed by atoms with E-state index in [4.69, 9.17) is 18.0 Å². The Kier molecular flexibility index (Phi) is 6.91. The van der Waals surface area contributed by atoms with Gasteiger partial charge in [0.2, 0.25) is 11.8 Å². The first kappa shape index (κ1) is 16.9. The summed E-state index contributed by atoms with van der Waals surface area (Å²) in [6.45, 7) is 3.00. The van der Waals surface area contributed by atoms with Crippen molar-refractivity contribution in [2.75, 3.05) is 13.1 Å². The van der Waals surface area contributed by atoms with E-state index in [1.165, 1.54) is 0 Å². The lowest BCUT2D eigenvalue weighted by Crippen LogP contribution is -2.50. The monoisotopic (exact) mass is 299 g/mol. The Morgan fingerprint density at radius 2 is 1.80 bits per heavy atom. The van der Waals surface area contributed by atoms with Crippen molar-refractivity contribution in [3.8, 4) is 0 Å². The van der Waals surface area contributed by atoms with E-state index in [0.717, 1.165) is 38.5 Å². The second-order valence-electron chi connectivity index (χ2n) is 5.36. The summed E-state index contributed by atoms with van der Waals surface area (Å²) in [7, 11) is 0. The van der Waals surface area contributed by atoms with Gasteiger partial charge < -0.3 is 16.4 Å². The summed E-state index contributed by atoms with van der Waals surface area (Å²) in [5.41, 5.74) is 5.09. The lowest BCUT2D eigenvalue weighted by molar-refractivity contribution is -0.129. The van der Waals surface area contributed by atoms with Gasteiger partial charge >= 0.3 is 0 Å². The zero-order valence-corrected chi connectivity index (χ0v) is 13.0. The van der Waals surface area contributed by atoms with Gasteiger partial charge in [-0.2, -0.15) is 0 Å². The van der Waals surface area contributed by atoms with Crippen LogP contribution in [0.3, 0.4) is 0 Å². The molecule has 4 N–H and O–H groups in total. The van der Waals surface area contributed by atoms with Crippen LogP contribution in [0.25, 0.3) is 0 Å². The van der Waals surface area contributed by atoms with Crippen LogP contribution in [-0.2, 0) is 9.59 Å². The highest BCUT2D eigenvalue weighted by Gasteiger charge is 2.42. The molecule has 0 heterocycles. The molecule has 0 aromatic rings. The van der Waals surface area contributed by atoms with Gasteiger partial charge in [-0.1, -0.05) is 38.4 Å². The second kappa shape index (κ2) is 8.19. The molecule has 0 radical (unpaired) electrons. The minimum absolute atomic E-state index is 0.0415. The van der Waals surface area contributed by atoms with Crippen LogP contribution < -0.4 is 16.4 Å². The standard InChI is InChI=1S/C14H25N3O2S/c1-2-9-16-11(18)6-10-17-13(19)14(12(15)20)7-4-3-5-8-14/h2-10H2,1H3,(H2,15,20)(H,16,18)(H,17,19). The molecule has 0 bridgehead atoms. The Labute approximate surface area is 126 Å². The van der Waals surface area contributed by atoms with Crippen molar-refractivity contribution >= 4 is 29.0 Å². The first-order valence-corrected chi connectivity index (χ1v) is 7.78. The van der Waals surface area contributed by atoms with Crippen LogP contribution in [-0.4, -0.2) is 29.9 Å². The summed E-state index contributed by atoms with van der Waals surface area (Å²) in [4.78, 5) is 24.1. The molecule has 5 nitrogen and oxygen atoms in total. The molecule has 1 fully saturated rings. The Balaban J connectivity index is 2.43. The molecule has 0 unspecified atom stereocenters. The van der Waals surface area contributed by atoms with Gasteiger partial charge in [0.25, 0.3) is 0 Å². The maximum absolute atomic E-state index is 12.3. The molecule has 20 heavy (non-hydrogen) atoms. The lowest BCUT2D eigenvalue weighted by atomic mass is 9.73. The van der Waals surface area contributed by atoms with Crippen molar-refractivity contribution in [2.24, 2.45) is 11.1 Å². The molecule has 0 aromatic carbocycles. The van der Waals surface area contributed by atoms with Crippen LogP contribution >= 0.6 is 12.2 Å². The van der Waals surface area contributed by atoms with E-state index >= 15 is 0 Å². The third kappa shape index (κ3) is 4.44. The van der Waals surface area contributed by atoms with Crippen LogP contribution in [0.15, 0.2) is 0 Å². The van der Waals surface area contributed by atoms with Crippen LogP contribution in [0, 0.1) is 5.41 Å². The Morgan fingerprint density at radius 3 is 2.35 bits per heavy atom. The van der Waals surface area contributed by atoms with Crippen LogP contribution in [0.4, 0.5) is 0 Å². The fourth-order valence-electron chi connectivity index (χ4n) is 2.55. The Hall–Kier alpha value is -1.17. The number of carbonyl (C=O) groups is 2. The quantitative estimate of drug-likeness (QED) is 0.618. The number of nitrogens with one attached hydrogen (secondary N) is 2. The summed E-state index contributed by atoms with van der Waals surface area (Å²) in [5.74, 6) is -0.159. The maximum atomic E-state index is 12.3. The number of carbonyl (C=O) groups excluding carboxylic acids is 2. The summed E-state index contributed by atoms with van der Waals surface area (Å²) >= 11 is 5.10. The first-order valence-electron chi connectivity index (χ1n) is 7.38. The van der Waals surface area contributed by atoms with E-state index in [9.17, 15) is 9.59 Å². The van der Waals surface area contributed by atoms with E-state index in [2.05, 4.69) is 10.6 Å². The van der Waals surface area contributed by atoms with E-state index < -0.39 is 5.41 Å². The van der Waals surface area contributed by atoms with Gasteiger partial charge in [0, 0.05) is 19.5 Å². The fourth-order valence-corrected chi connectivity index (χ4v) is 2.85. The molecule has 1 aliphatic carbocycles.